The maximum Gasteiger partial charge on any atom is 0.511 e. The van der Waals surface area contributed by atoms with Gasteiger partial charge in [0, 0.05) is 17.7 Å². The van der Waals surface area contributed by atoms with Gasteiger partial charge in [0.05, 0.1) is 18.8 Å². The van der Waals surface area contributed by atoms with Gasteiger partial charge in [-0.05, 0) is 51.0 Å². The number of aliphatic imine (C=N–C) groups is 1. The summed E-state index contributed by atoms with van der Waals surface area (Å²) in [6, 6.07) is 8.35. The molecule has 7 nitrogen and oxygen atoms in total. The maximum atomic E-state index is 11.7. The average molecular weight is 442 g/mol. The van der Waals surface area contributed by atoms with Gasteiger partial charge in [-0.15, -0.1) is 0 Å². The van der Waals surface area contributed by atoms with Crippen LogP contribution in [0.2, 0.25) is 0 Å². The van der Waals surface area contributed by atoms with Crippen molar-refractivity contribution in [1.82, 2.24) is 9.78 Å². The first kappa shape index (κ1) is 25.2. The normalized spacial score (nSPS) is 12.2. The number of hydrogen-bond acceptors (Lipinski definition) is 6. The monoisotopic (exact) mass is 441 g/mol. The van der Waals surface area contributed by atoms with Crippen LogP contribution in [0.25, 0.3) is 11.3 Å². The molecule has 1 aromatic heterocycles. The topological polar surface area (TPSA) is 74.9 Å². The third kappa shape index (κ3) is 5.99. The van der Waals surface area contributed by atoms with Crippen molar-refractivity contribution in [1.29, 1.82) is 0 Å². The van der Waals surface area contributed by atoms with E-state index in [-0.39, 0.29) is 18.8 Å². The number of carbonyl (C=O) groups is 1. The molecule has 0 atom stereocenters. The Morgan fingerprint density at radius 2 is 1.75 bits per heavy atom. The van der Waals surface area contributed by atoms with Gasteiger partial charge in [0.15, 0.2) is 5.76 Å². The van der Waals surface area contributed by atoms with Gasteiger partial charge in [-0.25, -0.2) is 4.79 Å². The minimum Gasteiger partial charge on any atom is -0.455 e. The Morgan fingerprint density at radius 1 is 1.09 bits per heavy atom. The molecule has 0 N–H and O–H groups in total. The third-order valence-corrected chi connectivity index (χ3v) is 5.23. The standard InChI is InChI=1S/C25H35N3O4/c1-9-28-22(17(3)18(4)27-28)23(31-16-32-24(29)30-10-2)21(15-26-8)19-11-13-20(14-12-19)25(5,6)7/h11-14H,8-10,15-16H2,1-7H3/b23-21-. The summed E-state index contributed by atoms with van der Waals surface area (Å²) in [6.45, 7) is 18.9. The van der Waals surface area contributed by atoms with E-state index in [0.717, 1.165) is 28.1 Å². The molecule has 0 fully saturated rings. The number of nitrogens with zero attached hydrogens (tertiary/aromatic N) is 3. The Bertz CT molecular complexity index is 966. The molecule has 0 unspecified atom stereocenters. The Morgan fingerprint density at radius 3 is 2.28 bits per heavy atom. The molecule has 1 heterocycles. The molecule has 32 heavy (non-hydrogen) atoms. The van der Waals surface area contributed by atoms with Crippen molar-refractivity contribution in [3.8, 4) is 0 Å². The smallest absolute Gasteiger partial charge is 0.455 e. The molecule has 0 spiro atoms. The Kier molecular flexibility index (Phi) is 8.63. The first-order chi connectivity index (χ1) is 15.1. The highest BCUT2D eigenvalue weighted by Gasteiger charge is 2.23. The molecule has 174 valence electrons. The summed E-state index contributed by atoms with van der Waals surface area (Å²) in [5.74, 6) is 0.560. The number of ether oxygens (including phenoxy) is 3. The van der Waals surface area contributed by atoms with Crippen LogP contribution in [0.3, 0.4) is 0 Å². The van der Waals surface area contributed by atoms with Crippen molar-refractivity contribution in [2.24, 2.45) is 4.99 Å². The quantitative estimate of drug-likeness (QED) is 0.221. The Hall–Kier alpha value is -3.09. The molecule has 0 radical (unpaired) electrons. The second-order valence-electron chi connectivity index (χ2n) is 8.48. The zero-order chi connectivity index (χ0) is 23.9. The molecule has 2 aromatic rings. The fourth-order valence-corrected chi connectivity index (χ4v) is 3.36. The summed E-state index contributed by atoms with van der Waals surface area (Å²) in [7, 11) is 0. The van der Waals surface area contributed by atoms with E-state index in [1.807, 2.05) is 25.5 Å². The predicted molar refractivity (Wildman–Crippen MR) is 128 cm³/mol. The van der Waals surface area contributed by atoms with Gasteiger partial charge in [0.2, 0.25) is 6.79 Å². The van der Waals surface area contributed by atoms with Crippen molar-refractivity contribution < 1.29 is 19.0 Å². The number of benzene rings is 1. The molecule has 0 aliphatic carbocycles. The van der Waals surface area contributed by atoms with E-state index < -0.39 is 6.16 Å². The van der Waals surface area contributed by atoms with E-state index in [1.165, 1.54) is 5.56 Å². The molecule has 2 rings (SSSR count). The van der Waals surface area contributed by atoms with Crippen molar-refractivity contribution in [3.05, 3.63) is 52.3 Å². The SMILES string of the molecule is C=NC/C(=C(/OCOC(=O)OCC)c1c(C)c(C)nn1CC)c1ccc(C(C)(C)C)cc1. The second-order valence-corrected chi connectivity index (χ2v) is 8.48. The van der Waals surface area contributed by atoms with Crippen LogP contribution in [0, 0.1) is 13.8 Å². The van der Waals surface area contributed by atoms with Crippen LogP contribution in [0.15, 0.2) is 29.3 Å². The van der Waals surface area contributed by atoms with Crippen molar-refractivity contribution in [2.75, 3.05) is 19.9 Å². The molecule has 0 saturated heterocycles. The zero-order valence-corrected chi connectivity index (χ0v) is 20.3. The first-order valence-corrected chi connectivity index (χ1v) is 10.9. The lowest BCUT2D eigenvalue weighted by Crippen LogP contribution is -2.13. The van der Waals surface area contributed by atoms with Crippen molar-refractivity contribution >= 4 is 24.2 Å². The van der Waals surface area contributed by atoms with Crippen LogP contribution in [-0.4, -0.2) is 42.6 Å². The fourth-order valence-electron chi connectivity index (χ4n) is 3.36. The van der Waals surface area contributed by atoms with Gasteiger partial charge in [0.25, 0.3) is 0 Å². The predicted octanol–water partition coefficient (Wildman–Crippen LogP) is 5.53. The van der Waals surface area contributed by atoms with Crippen LogP contribution in [0.5, 0.6) is 0 Å². The highest BCUT2D eigenvalue weighted by atomic mass is 16.8. The van der Waals surface area contributed by atoms with Gasteiger partial charge < -0.3 is 14.2 Å². The van der Waals surface area contributed by atoms with Gasteiger partial charge >= 0.3 is 6.16 Å². The minimum atomic E-state index is -0.776. The highest BCUT2D eigenvalue weighted by molar-refractivity contribution is 5.89. The van der Waals surface area contributed by atoms with Gasteiger partial charge in [-0.1, -0.05) is 45.0 Å². The molecule has 0 aliphatic rings. The van der Waals surface area contributed by atoms with Gasteiger partial charge in [-0.2, -0.15) is 5.10 Å². The molecule has 0 bridgehead atoms. The van der Waals surface area contributed by atoms with E-state index in [1.54, 1.807) is 6.92 Å². The average Bonchev–Trinajstić information content (AvgIpc) is 3.03. The van der Waals surface area contributed by atoms with Crippen molar-refractivity contribution in [3.63, 3.8) is 0 Å². The number of carbonyl (C=O) groups excluding carboxylic acids is 1. The number of rotatable bonds is 9. The third-order valence-electron chi connectivity index (χ3n) is 5.23. The Labute approximate surface area is 191 Å². The molecule has 0 saturated carbocycles. The zero-order valence-electron chi connectivity index (χ0n) is 20.3. The first-order valence-electron chi connectivity index (χ1n) is 10.9. The summed E-state index contributed by atoms with van der Waals surface area (Å²) in [4.78, 5) is 15.8. The van der Waals surface area contributed by atoms with Crippen LogP contribution in [0.4, 0.5) is 4.79 Å². The van der Waals surface area contributed by atoms with Crippen molar-refractivity contribution in [2.45, 2.75) is 60.4 Å². The molecular weight excluding hydrogens is 406 g/mol. The lowest BCUT2D eigenvalue weighted by Gasteiger charge is -2.21. The summed E-state index contributed by atoms with van der Waals surface area (Å²) in [5.41, 5.74) is 5.79. The van der Waals surface area contributed by atoms with Crippen LogP contribution in [-0.2, 0) is 26.2 Å². The molecule has 0 amide bonds. The molecular formula is C25H35N3O4. The lowest BCUT2D eigenvalue weighted by molar-refractivity contribution is -0.00381. The van der Waals surface area contributed by atoms with Crippen LogP contribution < -0.4 is 0 Å². The Balaban J connectivity index is 2.61. The van der Waals surface area contributed by atoms with Gasteiger partial charge in [-0.3, -0.25) is 9.67 Å². The van der Waals surface area contributed by atoms with Crippen LogP contribution >= 0.6 is 0 Å². The van der Waals surface area contributed by atoms with Gasteiger partial charge in [0.1, 0.15) is 5.69 Å². The maximum absolute atomic E-state index is 11.7. The van der Waals surface area contributed by atoms with E-state index >= 15 is 0 Å². The number of aromatic nitrogens is 2. The summed E-state index contributed by atoms with van der Waals surface area (Å²) >= 11 is 0. The second kappa shape index (κ2) is 11.0. The molecule has 1 aromatic carbocycles. The minimum absolute atomic E-state index is 0.0421. The van der Waals surface area contributed by atoms with E-state index in [9.17, 15) is 4.79 Å². The number of aryl methyl sites for hydroxylation is 2. The molecule has 0 aliphatic heterocycles. The van der Waals surface area contributed by atoms with Crippen LogP contribution in [0.1, 0.15) is 62.7 Å². The fraction of sp³-hybridized carbons (Fsp3) is 0.480. The summed E-state index contributed by atoms with van der Waals surface area (Å²) in [5, 5.41) is 4.63. The molecule has 7 heteroatoms. The van der Waals surface area contributed by atoms with E-state index in [4.69, 9.17) is 14.2 Å². The highest BCUT2D eigenvalue weighted by Crippen LogP contribution is 2.32. The summed E-state index contributed by atoms with van der Waals surface area (Å²) in [6.07, 6.45) is -0.776. The number of hydrogen-bond donors (Lipinski definition) is 0. The summed E-state index contributed by atoms with van der Waals surface area (Å²) < 4.78 is 17.9. The largest absolute Gasteiger partial charge is 0.511 e. The van der Waals surface area contributed by atoms with E-state index in [2.05, 4.69) is 61.8 Å². The van der Waals surface area contributed by atoms with E-state index in [0.29, 0.717) is 18.8 Å². The lowest BCUT2D eigenvalue weighted by atomic mass is 9.86.